The van der Waals surface area contributed by atoms with Crippen LogP contribution in [0.1, 0.15) is 19.8 Å². The monoisotopic (exact) mass is 333 g/mol. The lowest BCUT2D eigenvalue weighted by atomic mass is 10.2. The lowest BCUT2D eigenvalue weighted by Crippen LogP contribution is -2.37. The molecule has 1 saturated heterocycles. The number of nitrogens with zero attached hydrogens (tertiary/aromatic N) is 1. The fourth-order valence-corrected chi connectivity index (χ4v) is 4.69. The van der Waals surface area contributed by atoms with Crippen LogP contribution in [0.15, 0.2) is 24.3 Å². The molecule has 0 radical (unpaired) electrons. The number of anilines is 2. The smallest absolute Gasteiger partial charge is 0.271 e. The molecule has 0 spiro atoms. The Bertz CT molecular complexity index is 684. The molecule has 0 atom stereocenters. The van der Waals surface area contributed by atoms with Crippen LogP contribution >= 0.6 is 0 Å². The van der Waals surface area contributed by atoms with Gasteiger partial charge in [0.25, 0.3) is 10.2 Å². The molecule has 1 aliphatic heterocycles. The van der Waals surface area contributed by atoms with Gasteiger partial charge in [0.05, 0.1) is 11.4 Å². The molecule has 0 aliphatic carbocycles. The molecule has 2 rings (SSSR count). The molecule has 0 amide bonds. The predicted octanol–water partition coefficient (Wildman–Crippen LogP) is 0.883. The van der Waals surface area contributed by atoms with E-state index in [2.05, 4.69) is 9.44 Å². The van der Waals surface area contributed by atoms with Crippen molar-refractivity contribution >= 4 is 31.6 Å². The number of sulfonamides is 1. The summed E-state index contributed by atoms with van der Waals surface area (Å²) in [5.41, 5.74) is 0.940. The second-order valence-electron chi connectivity index (χ2n) is 4.75. The summed E-state index contributed by atoms with van der Waals surface area (Å²) in [6, 6.07) is 6.31. The number of rotatable bonds is 5. The zero-order valence-electron chi connectivity index (χ0n) is 11.7. The highest BCUT2D eigenvalue weighted by atomic mass is 32.2. The highest BCUT2D eigenvalue weighted by molar-refractivity contribution is 7.92. The highest BCUT2D eigenvalue weighted by Crippen LogP contribution is 2.25. The summed E-state index contributed by atoms with van der Waals surface area (Å²) in [7, 11) is -6.83. The van der Waals surface area contributed by atoms with E-state index in [1.54, 1.807) is 31.2 Å². The highest BCUT2D eigenvalue weighted by Gasteiger charge is 2.25. The molecule has 1 heterocycles. The Balaban J connectivity index is 2.16. The zero-order chi connectivity index (χ0) is 15.5. The average Bonchev–Trinajstić information content (AvgIpc) is 2.39. The van der Waals surface area contributed by atoms with E-state index in [9.17, 15) is 16.8 Å². The summed E-state index contributed by atoms with van der Waals surface area (Å²) < 4.78 is 53.1. The lowest BCUT2D eigenvalue weighted by molar-refractivity contribution is 0.574. The first-order chi connectivity index (χ1) is 9.84. The molecule has 0 aromatic heterocycles. The number of nitrogens with one attached hydrogen (secondary N) is 2. The molecule has 1 aliphatic rings. The summed E-state index contributed by atoms with van der Waals surface area (Å²) in [5, 5.41) is 0. The van der Waals surface area contributed by atoms with Crippen molar-refractivity contribution in [3.8, 4) is 0 Å². The molecule has 0 unspecified atom stereocenters. The van der Waals surface area contributed by atoms with E-state index in [4.69, 9.17) is 0 Å². The van der Waals surface area contributed by atoms with Crippen molar-refractivity contribution in [1.29, 1.82) is 0 Å². The van der Waals surface area contributed by atoms with E-state index in [0.717, 1.165) is 6.42 Å². The fraction of sp³-hybridized carbons (Fsp3) is 0.500. The third-order valence-corrected chi connectivity index (χ3v) is 6.13. The minimum absolute atomic E-state index is 0.155. The van der Waals surface area contributed by atoms with Crippen molar-refractivity contribution in [2.45, 2.75) is 19.8 Å². The summed E-state index contributed by atoms with van der Waals surface area (Å²) in [4.78, 5) is 0. The largest absolute Gasteiger partial charge is 0.299 e. The van der Waals surface area contributed by atoms with Gasteiger partial charge in [0.15, 0.2) is 0 Å². The Hall–Kier alpha value is -1.32. The predicted molar refractivity (Wildman–Crippen MR) is 83.0 cm³/mol. The maximum absolute atomic E-state index is 12.0. The van der Waals surface area contributed by atoms with Gasteiger partial charge in [-0.3, -0.25) is 9.03 Å². The van der Waals surface area contributed by atoms with Crippen LogP contribution in [-0.4, -0.2) is 35.7 Å². The first kappa shape index (κ1) is 16.1. The third kappa shape index (κ3) is 4.08. The molecule has 0 saturated carbocycles. The molecular formula is C12H19N3O4S2. The van der Waals surface area contributed by atoms with Crippen LogP contribution < -0.4 is 13.7 Å². The van der Waals surface area contributed by atoms with Crippen molar-refractivity contribution in [2.24, 2.45) is 0 Å². The minimum Gasteiger partial charge on any atom is -0.271 e. The quantitative estimate of drug-likeness (QED) is 0.836. The van der Waals surface area contributed by atoms with Crippen molar-refractivity contribution < 1.29 is 16.8 Å². The lowest BCUT2D eigenvalue weighted by Gasteiger charge is -2.28. The topological polar surface area (TPSA) is 95.6 Å². The van der Waals surface area contributed by atoms with Gasteiger partial charge < -0.3 is 0 Å². The van der Waals surface area contributed by atoms with Gasteiger partial charge in [-0.15, -0.1) is 0 Å². The van der Waals surface area contributed by atoms with Crippen LogP contribution in [0.25, 0.3) is 0 Å². The zero-order valence-corrected chi connectivity index (χ0v) is 13.4. The van der Waals surface area contributed by atoms with E-state index >= 15 is 0 Å². The molecule has 118 valence electrons. The van der Waals surface area contributed by atoms with Crippen molar-refractivity contribution in [3.63, 3.8) is 0 Å². The number of hydrogen-bond acceptors (Lipinski definition) is 4. The molecule has 2 N–H and O–H groups in total. The Morgan fingerprint density at radius 2 is 1.86 bits per heavy atom. The first-order valence-electron chi connectivity index (χ1n) is 6.72. The van der Waals surface area contributed by atoms with E-state index in [0.29, 0.717) is 30.9 Å². The molecule has 9 heteroatoms. The van der Waals surface area contributed by atoms with Gasteiger partial charge in [0, 0.05) is 18.8 Å². The maximum atomic E-state index is 12.0. The third-order valence-electron chi connectivity index (χ3n) is 3.09. The minimum atomic E-state index is -3.58. The van der Waals surface area contributed by atoms with Crippen LogP contribution in [0.5, 0.6) is 0 Å². The van der Waals surface area contributed by atoms with Crippen LogP contribution in [0.3, 0.4) is 0 Å². The number of hydrogen-bond donors (Lipinski definition) is 2. The van der Waals surface area contributed by atoms with Crippen molar-refractivity contribution in [3.05, 3.63) is 24.3 Å². The summed E-state index contributed by atoms with van der Waals surface area (Å²) in [5.74, 6) is 0.155. The van der Waals surface area contributed by atoms with Gasteiger partial charge in [-0.05, 0) is 37.1 Å². The molecule has 1 fully saturated rings. The Morgan fingerprint density at radius 3 is 2.43 bits per heavy atom. The van der Waals surface area contributed by atoms with Crippen LogP contribution in [0, 0.1) is 0 Å². The molecule has 1 aromatic carbocycles. The number of benzene rings is 1. The van der Waals surface area contributed by atoms with Gasteiger partial charge in [-0.2, -0.15) is 13.1 Å². The van der Waals surface area contributed by atoms with Crippen LogP contribution in [0.2, 0.25) is 0 Å². The molecule has 7 nitrogen and oxygen atoms in total. The van der Waals surface area contributed by atoms with E-state index in [1.807, 2.05) is 0 Å². The van der Waals surface area contributed by atoms with E-state index < -0.39 is 20.2 Å². The Labute approximate surface area is 125 Å². The maximum Gasteiger partial charge on any atom is 0.299 e. The summed E-state index contributed by atoms with van der Waals surface area (Å²) in [6.45, 7) is 2.44. The molecule has 0 bridgehead atoms. The SMILES string of the molecule is CCNS(=O)(=O)Nc1ccc(N2CCCCS2(=O)=O)cc1. The van der Waals surface area contributed by atoms with Gasteiger partial charge in [0.2, 0.25) is 10.0 Å². The van der Waals surface area contributed by atoms with E-state index in [-0.39, 0.29) is 5.75 Å². The standard InChI is InChI=1S/C12H19N3O4S2/c1-2-13-21(18,19)14-11-5-7-12(8-6-11)15-9-3-4-10-20(15,16)17/h5-8,13-14H,2-4,9-10H2,1H3. The van der Waals surface area contributed by atoms with E-state index in [1.165, 1.54) is 4.31 Å². The second kappa shape index (κ2) is 6.20. The van der Waals surface area contributed by atoms with Crippen LogP contribution in [0.4, 0.5) is 11.4 Å². The first-order valence-corrected chi connectivity index (χ1v) is 9.81. The summed E-state index contributed by atoms with van der Waals surface area (Å²) in [6.07, 6.45) is 1.51. The second-order valence-corrected chi connectivity index (χ2v) is 8.26. The van der Waals surface area contributed by atoms with Crippen molar-refractivity contribution in [2.75, 3.05) is 27.9 Å². The molecule has 1 aromatic rings. The Kier molecular flexibility index (Phi) is 4.74. The summed E-state index contributed by atoms with van der Waals surface area (Å²) >= 11 is 0. The fourth-order valence-electron chi connectivity index (χ4n) is 2.16. The van der Waals surface area contributed by atoms with Gasteiger partial charge in [-0.1, -0.05) is 6.92 Å². The molecule has 21 heavy (non-hydrogen) atoms. The van der Waals surface area contributed by atoms with Gasteiger partial charge in [0.1, 0.15) is 0 Å². The van der Waals surface area contributed by atoms with Crippen molar-refractivity contribution in [1.82, 2.24) is 4.72 Å². The Morgan fingerprint density at radius 1 is 1.19 bits per heavy atom. The normalized spacial score (nSPS) is 18.4. The molecular weight excluding hydrogens is 314 g/mol. The average molecular weight is 333 g/mol. The van der Waals surface area contributed by atoms with Gasteiger partial charge >= 0.3 is 0 Å². The van der Waals surface area contributed by atoms with Gasteiger partial charge in [-0.25, -0.2) is 8.42 Å². The van der Waals surface area contributed by atoms with Crippen LogP contribution in [-0.2, 0) is 20.2 Å².